The fourth-order valence-corrected chi connectivity index (χ4v) is 1.26. The molecule has 0 aliphatic rings. The Hall–Kier alpha value is -1.35. The van der Waals surface area contributed by atoms with Crippen LogP contribution in [0.5, 0.6) is 0 Å². The lowest BCUT2D eigenvalue weighted by Crippen LogP contribution is -2.21. The molecule has 0 atom stereocenters. The van der Waals surface area contributed by atoms with Gasteiger partial charge in [-0.3, -0.25) is 9.63 Å². The Morgan fingerprint density at radius 1 is 1.36 bits per heavy atom. The standard InChI is InChI=1S/C11H15NO2/c1-3-4-9-5-7-10(8-6-9)11(13)12-14-2/h5-8H,3-4H2,1-2H3,(H,12,13). The van der Waals surface area contributed by atoms with Crippen LogP contribution in [0.2, 0.25) is 0 Å². The van der Waals surface area contributed by atoms with Gasteiger partial charge in [-0.15, -0.1) is 0 Å². The van der Waals surface area contributed by atoms with Crippen molar-refractivity contribution in [2.24, 2.45) is 0 Å². The van der Waals surface area contributed by atoms with Gasteiger partial charge in [0.25, 0.3) is 5.91 Å². The summed E-state index contributed by atoms with van der Waals surface area (Å²) in [6.07, 6.45) is 2.16. The Morgan fingerprint density at radius 2 is 2.00 bits per heavy atom. The predicted molar refractivity (Wildman–Crippen MR) is 54.9 cm³/mol. The Kier molecular flexibility index (Phi) is 4.13. The summed E-state index contributed by atoms with van der Waals surface area (Å²) in [6, 6.07) is 7.54. The van der Waals surface area contributed by atoms with Gasteiger partial charge in [-0.05, 0) is 24.1 Å². The molecule has 14 heavy (non-hydrogen) atoms. The first-order valence-corrected chi connectivity index (χ1v) is 4.70. The molecule has 0 unspecified atom stereocenters. The summed E-state index contributed by atoms with van der Waals surface area (Å²) < 4.78 is 0. The topological polar surface area (TPSA) is 38.3 Å². The zero-order chi connectivity index (χ0) is 10.4. The van der Waals surface area contributed by atoms with Crippen LogP contribution in [-0.4, -0.2) is 13.0 Å². The average Bonchev–Trinajstić information content (AvgIpc) is 2.20. The van der Waals surface area contributed by atoms with E-state index in [0.717, 1.165) is 12.8 Å². The summed E-state index contributed by atoms with van der Waals surface area (Å²) in [7, 11) is 1.42. The number of hydrogen-bond acceptors (Lipinski definition) is 2. The molecule has 1 rings (SSSR count). The van der Waals surface area contributed by atoms with Crippen LogP contribution in [0.25, 0.3) is 0 Å². The third-order valence-electron chi connectivity index (χ3n) is 1.95. The maximum atomic E-state index is 11.3. The van der Waals surface area contributed by atoms with Gasteiger partial charge >= 0.3 is 0 Å². The average molecular weight is 193 g/mol. The number of amides is 1. The van der Waals surface area contributed by atoms with Gasteiger partial charge in [-0.1, -0.05) is 25.5 Å². The van der Waals surface area contributed by atoms with E-state index in [0.29, 0.717) is 5.56 Å². The molecule has 1 aromatic carbocycles. The van der Waals surface area contributed by atoms with Crippen molar-refractivity contribution < 1.29 is 9.63 Å². The second-order valence-electron chi connectivity index (χ2n) is 3.08. The molecule has 1 N–H and O–H groups in total. The maximum absolute atomic E-state index is 11.3. The number of nitrogens with one attached hydrogen (secondary N) is 1. The third-order valence-corrected chi connectivity index (χ3v) is 1.95. The molecular formula is C11H15NO2. The highest BCUT2D eigenvalue weighted by molar-refractivity contribution is 5.93. The normalized spacial score (nSPS) is 9.86. The lowest BCUT2D eigenvalue weighted by Gasteiger charge is -2.03. The van der Waals surface area contributed by atoms with Gasteiger partial charge in [0.05, 0.1) is 7.11 Å². The maximum Gasteiger partial charge on any atom is 0.274 e. The summed E-state index contributed by atoms with van der Waals surface area (Å²) in [6.45, 7) is 2.13. The van der Waals surface area contributed by atoms with E-state index < -0.39 is 0 Å². The van der Waals surface area contributed by atoms with Gasteiger partial charge in [-0.25, -0.2) is 5.48 Å². The first kappa shape index (κ1) is 10.7. The van der Waals surface area contributed by atoms with Gasteiger partial charge in [0.1, 0.15) is 0 Å². The number of rotatable bonds is 4. The molecule has 0 bridgehead atoms. The molecule has 0 aromatic heterocycles. The van der Waals surface area contributed by atoms with E-state index in [4.69, 9.17) is 0 Å². The van der Waals surface area contributed by atoms with Gasteiger partial charge in [-0.2, -0.15) is 0 Å². The van der Waals surface area contributed by atoms with E-state index in [1.54, 1.807) is 12.1 Å². The minimum absolute atomic E-state index is 0.212. The minimum atomic E-state index is -0.212. The SMILES string of the molecule is CCCc1ccc(C(=O)NOC)cc1. The van der Waals surface area contributed by atoms with Crippen molar-refractivity contribution in [3.8, 4) is 0 Å². The van der Waals surface area contributed by atoms with Crippen molar-refractivity contribution in [1.29, 1.82) is 0 Å². The highest BCUT2D eigenvalue weighted by Gasteiger charge is 2.03. The fourth-order valence-electron chi connectivity index (χ4n) is 1.26. The zero-order valence-corrected chi connectivity index (χ0v) is 8.54. The highest BCUT2D eigenvalue weighted by Crippen LogP contribution is 2.06. The monoisotopic (exact) mass is 193 g/mol. The number of aryl methyl sites for hydroxylation is 1. The first-order valence-electron chi connectivity index (χ1n) is 4.70. The fraction of sp³-hybridized carbons (Fsp3) is 0.364. The summed E-state index contributed by atoms with van der Waals surface area (Å²) in [5, 5.41) is 0. The molecule has 0 heterocycles. The van der Waals surface area contributed by atoms with Crippen LogP contribution >= 0.6 is 0 Å². The lowest BCUT2D eigenvalue weighted by molar-refractivity contribution is 0.0537. The van der Waals surface area contributed by atoms with E-state index in [1.807, 2.05) is 12.1 Å². The van der Waals surface area contributed by atoms with Crippen molar-refractivity contribution in [2.45, 2.75) is 19.8 Å². The van der Waals surface area contributed by atoms with Gasteiger partial charge < -0.3 is 0 Å². The van der Waals surface area contributed by atoms with Crippen LogP contribution in [0.1, 0.15) is 29.3 Å². The van der Waals surface area contributed by atoms with Crippen LogP contribution in [0.15, 0.2) is 24.3 Å². The number of hydrogen-bond donors (Lipinski definition) is 1. The Bertz CT molecular complexity index is 293. The van der Waals surface area contributed by atoms with E-state index in [2.05, 4.69) is 17.2 Å². The van der Waals surface area contributed by atoms with Gasteiger partial charge in [0.2, 0.25) is 0 Å². The number of benzene rings is 1. The molecular weight excluding hydrogens is 178 g/mol. The van der Waals surface area contributed by atoms with Crippen LogP contribution in [0.3, 0.4) is 0 Å². The van der Waals surface area contributed by atoms with Crippen LogP contribution in [0.4, 0.5) is 0 Å². The molecule has 0 radical (unpaired) electrons. The minimum Gasteiger partial charge on any atom is -0.277 e. The quantitative estimate of drug-likeness (QED) is 0.742. The van der Waals surface area contributed by atoms with Crippen molar-refractivity contribution in [3.05, 3.63) is 35.4 Å². The molecule has 1 aromatic rings. The van der Waals surface area contributed by atoms with Crippen molar-refractivity contribution >= 4 is 5.91 Å². The third kappa shape index (κ3) is 2.85. The number of carbonyl (C=O) groups excluding carboxylic acids is 1. The second kappa shape index (κ2) is 5.40. The van der Waals surface area contributed by atoms with Crippen molar-refractivity contribution in [1.82, 2.24) is 5.48 Å². The molecule has 0 aliphatic carbocycles. The summed E-state index contributed by atoms with van der Waals surface area (Å²) in [5.41, 5.74) is 4.14. The van der Waals surface area contributed by atoms with Gasteiger partial charge in [0, 0.05) is 5.56 Å². The molecule has 0 saturated carbocycles. The molecule has 0 saturated heterocycles. The summed E-state index contributed by atoms with van der Waals surface area (Å²) in [4.78, 5) is 15.8. The molecule has 0 aliphatic heterocycles. The summed E-state index contributed by atoms with van der Waals surface area (Å²) in [5.74, 6) is -0.212. The largest absolute Gasteiger partial charge is 0.277 e. The van der Waals surface area contributed by atoms with Crippen molar-refractivity contribution in [3.63, 3.8) is 0 Å². The molecule has 0 fully saturated rings. The van der Waals surface area contributed by atoms with Crippen LogP contribution in [0, 0.1) is 0 Å². The molecule has 3 heteroatoms. The number of hydroxylamine groups is 1. The molecule has 0 spiro atoms. The van der Waals surface area contributed by atoms with Gasteiger partial charge in [0.15, 0.2) is 0 Å². The molecule has 76 valence electrons. The first-order chi connectivity index (χ1) is 6.77. The summed E-state index contributed by atoms with van der Waals surface area (Å²) >= 11 is 0. The van der Waals surface area contributed by atoms with E-state index in [9.17, 15) is 4.79 Å². The van der Waals surface area contributed by atoms with Crippen LogP contribution in [-0.2, 0) is 11.3 Å². The second-order valence-corrected chi connectivity index (χ2v) is 3.08. The number of carbonyl (C=O) groups is 1. The Balaban J connectivity index is 2.67. The van der Waals surface area contributed by atoms with E-state index in [-0.39, 0.29) is 5.91 Å². The predicted octanol–water partition coefficient (Wildman–Crippen LogP) is 1.93. The van der Waals surface area contributed by atoms with E-state index >= 15 is 0 Å². The van der Waals surface area contributed by atoms with Crippen LogP contribution < -0.4 is 5.48 Å². The smallest absolute Gasteiger partial charge is 0.274 e. The zero-order valence-electron chi connectivity index (χ0n) is 8.54. The Labute approximate surface area is 84.0 Å². The van der Waals surface area contributed by atoms with E-state index in [1.165, 1.54) is 12.7 Å². The lowest BCUT2D eigenvalue weighted by atomic mass is 10.1. The molecule has 3 nitrogen and oxygen atoms in total. The molecule has 1 amide bonds. The Morgan fingerprint density at radius 3 is 2.50 bits per heavy atom. The highest BCUT2D eigenvalue weighted by atomic mass is 16.6. The van der Waals surface area contributed by atoms with Crippen molar-refractivity contribution in [2.75, 3.05) is 7.11 Å².